The summed E-state index contributed by atoms with van der Waals surface area (Å²) in [5.74, 6) is -0.0173. The molecule has 1 aromatic carbocycles. The van der Waals surface area contributed by atoms with Gasteiger partial charge in [0, 0.05) is 24.9 Å². The average Bonchev–Trinajstić information content (AvgIpc) is 2.84. The molecule has 0 radical (unpaired) electrons. The fourth-order valence-corrected chi connectivity index (χ4v) is 1.92. The van der Waals surface area contributed by atoms with Crippen LogP contribution in [0.3, 0.4) is 0 Å². The molecule has 0 aliphatic heterocycles. The molecule has 0 saturated heterocycles. The van der Waals surface area contributed by atoms with Gasteiger partial charge in [-0.15, -0.1) is 0 Å². The third kappa shape index (κ3) is 3.12. The number of aromatic nitrogens is 1. The molecular formula is C14H19N3O2. The van der Waals surface area contributed by atoms with E-state index >= 15 is 0 Å². The van der Waals surface area contributed by atoms with Crippen LogP contribution < -0.4 is 11.1 Å². The third-order valence-corrected chi connectivity index (χ3v) is 3.21. The molecule has 1 heterocycles. The van der Waals surface area contributed by atoms with Gasteiger partial charge in [-0.25, -0.2) is 4.98 Å². The molecule has 0 saturated carbocycles. The summed E-state index contributed by atoms with van der Waals surface area (Å²) in [6.07, 6.45) is 1.79. The fourth-order valence-electron chi connectivity index (χ4n) is 1.92. The number of hydrogen-bond acceptors (Lipinski definition) is 4. The van der Waals surface area contributed by atoms with E-state index in [1.807, 2.05) is 18.2 Å². The number of oxazole rings is 1. The van der Waals surface area contributed by atoms with Crippen LogP contribution in [-0.4, -0.2) is 24.0 Å². The van der Waals surface area contributed by atoms with E-state index in [9.17, 15) is 4.79 Å². The number of carbonyl (C=O) groups excluding carboxylic acids is 1. The molecular weight excluding hydrogens is 242 g/mol. The van der Waals surface area contributed by atoms with Gasteiger partial charge in [0.05, 0.1) is 0 Å². The van der Waals surface area contributed by atoms with Crippen molar-refractivity contribution in [1.82, 2.24) is 10.3 Å². The van der Waals surface area contributed by atoms with Crippen LogP contribution in [0.2, 0.25) is 0 Å². The van der Waals surface area contributed by atoms with E-state index in [-0.39, 0.29) is 11.3 Å². The summed E-state index contributed by atoms with van der Waals surface area (Å²) >= 11 is 0. The van der Waals surface area contributed by atoms with Crippen LogP contribution in [0, 0.1) is 0 Å². The molecule has 0 aliphatic carbocycles. The second kappa shape index (κ2) is 5.40. The Morgan fingerprint density at radius 1 is 1.47 bits per heavy atom. The highest BCUT2D eigenvalue weighted by Gasteiger charge is 2.22. The first-order valence-electron chi connectivity index (χ1n) is 6.33. The zero-order valence-electron chi connectivity index (χ0n) is 11.3. The Hall–Kier alpha value is -1.88. The highest BCUT2D eigenvalue weighted by atomic mass is 16.3. The van der Waals surface area contributed by atoms with Crippen molar-refractivity contribution in [2.75, 3.05) is 13.1 Å². The Kier molecular flexibility index (Phi) is 3.85. The van der Waals surface area contributed by atoms with E-state index in [0.29, 0.717) is 19.5 Å². The van der Waals surface area contributed by atoms with Gasteiger partial charge in [-0.2, -0.15) is 0 Å². The van der Waals surface area contributed by atoms with Crippen LogP contribution in [0.5, 0.6) is 0 Å². The van der Waals surface area contributed by atoms with Crippen LogP contribution in [0.1, 0.15) is 25.8 Å². The smallest absolute Gasteiger partial charge is 0.221 e. The number of rotatable bonds is 5. The maximum absolute atomic E-state index is 11.5. The van der Waals surface area contributed by atoms with Crippen molar-refractivity contribution < 1.29 is 9.21 Å². The summed E-state index contributed by atoms with van der Waals surface area (Å²) < 4.78 is 5.30. The molecule has 1 aromatic heterocycles. The van der Waals surface area contributed by atoms with Gasteiger partial charge in [0.2, 0.25) is 5.91 Å². The first-order valence-corrected chi connectivity index (χ1v) is 6.33. The van der Waals surface area contributed by atoms with Crippen molar-refractivity contribution in [2.45, 2.75) is 25.7 Å². The minimum absolute atomic E-state index is 0.0173. The molecule has 5 nitrogen and oxygen atoms in total. The maximum atomic E-state index is 11.5. The molecule has 1 amide bonds. The van der Waals surface area contributed by atoms with Gasteiger partial charge in [0.25, 0.3) is 0 Å². The van der Waals surface area contributed by atoms with Crippen molar-refractivity contribution in [1.29, 1.82) is 0 Å². The second-order valence-corrected chi connectivity index (χ2v) is 5.23. The van der Waals surface area contributed by atoms with E-state index in [0.717, 1.165) is 16.7 Å². The predicted octanol–water partition coefficient (Wildman–Crippen LogP) is 1.57. The summed E-state index contributed by atoms with van der Waals surface area (Å²) in [5, 5.41) is 2.90. The lowest BCUT2D eigenvalue weighted by Crippen LogP contribution is -2.37. The second-order valence-electron chi connectivity index (χ2n) is 5.23. The molecule has 0 spiro atoms. The minimum Gasteiger partial charge on any atom is -0.443 e. The lowest BCUT2D eigenvalue weighted by atomic mass is 9.84. The molecule has 0 aliphatic rings. The Morgan fingerprint density at radius 3 is 3.00 bits per heavy atom. The molecule has 0 unspecified atom stereocenters. The van der Waals surface area contributed by atoms with E-state index in [4.69, 9.17) is 10.2 Å². The number of nitrogens with two attached hydrogens (primary N) is 1. The van der Waals surface area contributed by atoms with E-state index in [1.165, 1.54) is 6.39 Å². The third-order valence-electron chi connectivity index (χ3n) is 3.21. The van der Waals surface area contributed by atoms with Gasteiger partial charge in [0.1, 0.15) is 5.52 Å². The summed E-state index contributed by atoms with van der Waals surface area (Å²) in [4.78, 5) is 15.6. The van der Waals surface area contributed by atoms with Crippen LogP contribution in [0.15, 0.2) is 29.0 Å². The van der Waals surface area contributed by atoms with Gasteiger partial charge in [0.15, 0.2) is 12.0 Å². The minimum atomic E-state index is -0.175. The molecule has 0 bridgehead atoms. The molecule has 0 fully saturated rings. The van der Waals surface area contributed by atoms with Crippen LogP contribution in [-0.2, 0) is 10.2 Å². The topological polar surface area (TPSA) is 81.2 Å². The number of amides is 1. The molecule has 0 atom stereocenters. The van der Waals surface area contributed by atoms with E-state index < -0.39 is 0 Å². The van der Waals surface area contributed by atoms with Crippen molar-refractivity contribution in [3.05, 3.63) is 30.2 Å². The summed E-state index contributed by atoms with van der Waals surface area (Å²) in [7, 11) is 0. The number of nitrogens with zero attached hydrogens (tertiary/aromatic N) is 1. The standard InChI is InChI=1S/C14H19N3O2/c1-14(2,8-16-13(18)5-6-15)10-3-4-11-12(7-10)19-9-17-11/h3-4,7,9H,5-6,8,15H2,1-2H3,(H,16,18). The lowest BCUT2D eigenvalue weighted by molar-refractivity contribution is -0.121. The Morgan fingerprint density at radius 2 is 2.26 bits per heavy atom. The number of carbonyl (C=O) groups is 1. The molecule has 5 heteroatoms. The molecule has 2 aromatic rings. The predicted molar refractivity (Wildman–Crippen MR) is 73.7 cm³/mol. The number of benzene rings is 1. The molecule has 102 valence electrons. The first-order chi connectivity index (χ1) is 9.03. The quantitative estimate of drug-likeness (QED) is 0.856. The lowest BCUT2D eigenvalue weighted by Gasteiger charge is -2.25. The molecule has 3 N–H and O–H groups in total. The zero-order chi connectivity index (χ0) is 13.9. The highest BCUT2D eigenvalue weighted by molar-refractivity contribution is 5.76. The number of hydrogen-bond donors (Lipinski definition) is 2. The summed E-state index contributed by atoms with van der Waals surface area (Å²) in [6.45, 7) is 5.09. The summed E-state index contributed by atoms with van der Waals surface area (Å²) in [5.41, 5.74) is 7.88. The van der Waals surface area contributed by atoms with Crippen molar-refractivity contribution in [2.24, 2.45) is 5.73 Å². The Bertz CT molecular complexity index is 575. The van der Waals surface area contributed by atoms with Gasteiger partial charge in [-0.3, -0.25) is 4.79 Å². The fraction of sp³-hybridized carbons (Fsp3) is 0.429. The van der Waals surface area contributed by atoms with Gasteiger partial charge >= 0.3 is 0 Å². The Balaban J connectivity index is 2.11. The number of fused-ring (bicyclic) bond motifs is 1. The highest BCUT2D eigenvalue weighted by Crippen LogP contribution is 2.25. The van der Waals surface area contributed by atoms with Crippen molar-refractivity contribution in [3.63, 3.8) is 0 Å². The Labute approximate surface area is 112 Å². The zero-order valence-corrected chi connectivity index (χ0v) is 11.3. The SMILES string of the molecule is CC(C)(CNC(=O)CCN)c1ccc2ncoc2c1. The van der Waals surface area contributed by atoms with Gasteiger partial charge < -0.3 is 15.5 Å². The van der Waals surface area contributed by atoms with E-state index in [2.05, 4.69) is 24.1 Å². The number of nitrogens with one attached hydrogen (secondary N) is 1. The van der Waals surface area contributed by atoms with Gasteiger partial charge in [-0.1, -0.05) is 19.9 Å². The average molecular weight is 261 g/mol. The van der Waals surface area contributed by atoms with Crippen molar-refractivity contribution in [3.8, 4) is 0 Å². The van der Waals surface area contributed by atoms with E-state index in [1.54, 1.807) is 0 Å². The molecule has 19 heavy (non-hydrogen) atoms. The van der Waals surface area contributed by atoms with Crippen LogP contribution in [0.4, 0.5) is 0 Å². The normalized spacial score (nSPS) is 11.7. The van der Waals surface area contributed by atoms with Crippen LogP contribution in [0.25, 0.3) is 11.1 Å². The first kappa shape index (κ1) is 13.5. The maximum Gasteiger partial charge on any atom is 0.221 e. The monoisotopic (exact) mass is 261 g/mol. The largest absolute Gasteiger partial charge is 0.443 e. The van der Waals surface area contributed by atoms with Crippen molar-refractivity contribution >= 4 is 17.0 Å². The van der Waals surface area contributed by atoms with Crippen LogP contribution >= 0.6 is 0 Å². The molecule has 2 rings (SSSR count). The summed E-state index contributed by atoms with van der Waals surface area (Å²) in [6, 6.07) is 5.91. The van der Waals surface area contributed by atoms with Gasteiger partial charge in [-0.05, 0) is 17.7 Å².